The molecule has 1 aliphatic heterocycles. The molecule has 0 amide bonds. The van der Waals surface area contributed by atoms with E-state index in [2.05, 4.69) is 5.32 Å². The number of nitrogens with zero attached hydrogens (tertiary/aromatic N) is 1. The summed E-state index contributed by atoms with van der Waals surface area (Å²) in [5, 5.41) is 3.10. The number of benzene rings is 2. The molecular formula is C17H17F3N2O3S. The molecule has 0 spiro atoms. The molecule has 0 aromatic heterocycles. The molecular weight excluding hydrogens is 369 g/mol. The maximum absolute atomic E-state index is 13.5. The number of hydrogen-bond acceptors (Lipinski definition) is 4. The lowest BCUT2D eigenvalue weighted by molar-refractivity contribution is 0.264. The van der Waals surface area contributed by atoms with E-state index in [4.69, 9.17) is 4.74 Å². The van der Waals surface area contributed by atoms with Crippen molar-refractivity contribution >= 4 is 10.0 Å². The standard InChI is InChI=1S/C17H17F3N2O3S/c1-25-16-5-3-2-4-12(16)15-10-21-6-7-22(15)26(23,24)11-8-13(18)17(20)14(19)9-11/h2-5,8-9,15,21H,6-7,10H2,1H3. The third kappa shape index (κ3) is 3.29. The average molecular weight is 386 g/mol. The SMILES string of the molecule is COc1ccccc1C1CNCCN1S(=O)(=O)c1cc(F)c(F)c(F)c1. The van der Waals surface area contributed by atoms with Crippen LogP contribution in [0.15, 0.2) is 41.3 Å². The Bertz CT molecular complexity index is 898. The van der Waals surface area contributed by atoms with E-state index >= 15 is 0 Å². The summed E-state index contributed by atoms with van der Waals surface area (Å²) < 4.78 is 72.7. The Labute approximate surface area is 149 Å². The van der Waals surface area contributed by atoms with Gasteiger partial charge in [-0.25, -0.2) is 21.6 Å². The number of methoxy groups -OCH3 is 1. The van der Waals surface area contributed by atoms with E-state index in [0.29, 0.717) is 36.5 Å². The Hall–Kier alpha value is -2.10. The highest BCUT2D eigenvalue weighted by molar-refractivity contribution is 7.89. The van der Waals surface area contributed by atoms with Crippen molar-refractivity contribution in [2.24, 2.45) is 0 Å². The van der Waals surface area contributed by atoms with E-state index in [0.717, 1.165) is 4.31 Å². The highest BCUT2D eigenvalue weighted by Gasteiger charge is 2.36. The van der Waals surface area contributed by atoms with Gasteiger partial charge in [-0.2, -0.15) is 4.31 Å². The van der Waals surface area contributed by atoms with Crippen molar-refractivity contribution in [1.29, 1.82) is 0 Å². The van der Waals surface area contributed by atoms with Gasteiger partial charge in [0.2, 0.25) is 10.0 Å². The first-order chi connectivity index (χ1) is 12.4. The minimum absolute atomic E-state index is 0.0890. The van der Waals surface area contributed by atoms with Crippen LogP contribution < -0.4 is 10.1 Å². The molecule has 0 bridgehead atoms. The molecule has 1 atom stereocenters. The maximum Gasteiger partial charge on any atom is 0.243 e. The summed E-state index contributed by atoms with van der Waals surface area (Å²) in [4.78, 5) is -0.629. The van der Waals surface area contributed by atoms with Crippen LogP contribution in [0.5, 0.6) is 5.75 Å². The number of nitrogens with one attached hydrogen (secondary N) is 1. The predicted octanol–water partition coefficient (Wildman–Crippen LogP) is 2.45. The Balaban J connectivity index is 2.07. The van der Waals surface area contributed by atoms with Crippen molar-refractivity contribution < 1.29 is 26.3 Å². The highest BCUT2D eigenvalue weighted by Crippen LogP contribution is 2.34. The maximum atomic E-state index is 13.5. The second-order valence-electron chi connectivity index (χ2n) is 5.78. The summed E-state index contributed by atoms with van der Waals surface area (Å²) in [6.45, 7) is 0.758. The van der Waals surface area contributed by atoms with E-state index in [1.807, 2.05) is 0 Å². The van der Waals surface area contributed by atoms with Gasteiger partial charge in [-0.1, -0.05) is 18.2 Å². The van der Waals surface area contributed by atoms with Crippen LogP contribution in [-0.2, 0) is 10.0 Å². The van der Waals surface area contributed by atoms with Gasteiger partial charge in [0.15, 0.2) is 17.5 Å². The molecule has 5 nitrogen and oxygen atoms in total. The molecule has 1 unspecified atom stereocenters. The highest BCUT2D eigenvalue weighted by atomic mass is 32.2. The summed E-state index contributed by atoms with van der Waals surface area (Å²) in [5.41, 5.74) is 0.619. The van der Waals surface area contributed by atoms with Crippen molar-refractivity contribution in [1.82, 2.24) is 9.62 Å². The smallest absolute Gasteiger partial charge is 0.243 e. The minimum Gasteiger partial charge on any atom is -0.496 e. The van der Waals surface area contributed by atoms with Crippen LogP contribution in [0, 0.1) is 17.5 Å². The van der Waals surface area contributed by atoms with E-state index < -0.39 is 38.4 Å². The molecule has 2 aromatic carbocycles. The van der Waals surface area contributed by atoms with Gasteiger partial charge in [0, 0.05) is 25.2 Å². The van der Waals surface area contributed by atoms with Crippen molar-refractivity contribution in [3.8, 4) is 5.75 Å². The number of sulfonamides is 1. The molecule has 0 aliphatic carbocycles. The van der Waals surface area contributed by atoms with Gasteiger partial charge in [-0.15, -0.1) is 0 Å². The summed E-state index contributed by atoms with van der Waals surface area (Å²) in [6.07, 6.45) is 0. The monoisotopic (exact) mass is 386 g/mol. The van der Waals surface area contributed by atoms with Gasteiger partial charge in [0.05, 0.1) is 18.0 Å². The molecule has 3 rings (SSSR count). The summed E-state index contributed by atoms with van der Waals surface area (Å²) in [7, 11) is -2.78. The lowest BCUT2D eigenvalue weighted by Gasteiger charge is -2.36. The van der Waals surface area contributed by atoms with Gasteiger partial charge in [-0.05, 0) is 18.2 Å². The molecule has 1 aliphatic rings. The van der Waals surface area contributed by atoms with Crippen LogP contribution in [0.25, 0.3) is 0 Å². The number of rotatable bonds is 4. The van der Waals surface area contributed by atoms with Crippen LogP contribution in [0.3, 0.4) is 0 Å². The second-order valence-corrected chi connectivity index (χ2v) is 7.67. The van der Waals surface area contributed by atoms with Gasteiger partial charge in [-0.3, -0.25) is 0 Å². The van der Waals surface area contributed by atoms with Gasteiger partial charge < -0.3 is 10.1 Å². The van der Waals surface area contributed by atoms with E-state index in [-0.39, 0.29) is 6.54 Å². The predicted molar refractivity (Wildman–Crippen MR) is 88.8 cm³/mol. The van der Waals surface area contributed by atoms with Crippen LogP contribution in [0.4, 0.5) is 13.2 Å². The van der Waals surface area contributed by atoms with Crippen molar-refractivity contribution in [3.05, 3.63) is 59.4 Å². The van der Waals surface area contributed by atoms with Gasteiger partial charge in [0.25, 0.3) is 0 Å². The third-order valence-corrected chi connectivity index (χ3v) is 6.14. The van der Waals surface area contributed by atoms with Crippen molar-refractivity contribution in [2.75, 3.05) is 26.7 Å². The molecule has 26 heavy (non-hydrogen) atoms. The van der Waals surface area contributed by atoms with Crippen molar-refractivity contribution in [3.63, 3.8) is 0 Å². The van der Waals surface area contributed by atoms with Crippen LogP contribution in [0.2, 0.25) is 0 Å². The third-order valence-electron chi connectivity index (χ3n) is 4.26. The Morgan fingerprint density at radius 3 is 2.46 bits per heavy atom. The van der Waals surface area contributed by atoms with E-state index in [1.165, 1.54) is 7.11 Å². The molecule has 1 fully saturated rings. The molecule has 0 radical (unpaired) electrons. The molecule has 0 saturated carbocycles. The zero-order valence-corrected chi connectivity index (χ0v) is 14.7. The van der Waals surface area contributed by atoms with E-state index in [1.54, 1.807) is 24.3 Å². The Morgan fingerprint density at radius 1 is 1.15 bits per heavy atom. The lowest BCUT2D eigenvalue weighted by atomic mass is 10.0. The fraction of sp³-hybridized carbons (Fsp3) is 0.294. The first-order valence-electron chi connectivity index (χ1n) is 7.86. The van der Waals surface area contributed by atoms with Gasteiger partial charge >= 0.3 is 0 Å². The zero-order valence-electron chi connectivity index (χ0n) is 13.9. The molecule has 9 heteroatoms. The topological polar surface area (TPSA) is 58.6 Å². The number of ether oxygens (including phenoxy) is 1. The van der Waals surface area contributed by atoms with E-state index in [9.17, 15) is 21.6 Å². The van der Waals surface area contributed by atoms with Gasteiger partial charge in [0.1, 0.15) is 5.75 Å². The molecule has 2 aromatic rings. The average Bonchev–Trinajstić information content (AvgIpc) is 2.65. The number of piperazine rings is 1. The molecule has 140 valence electrons. The largest absolute Gasteiger partial charge is 0.496 e. The fourth-order valence-corrected chi connectivity index (χ4v) is 4.63. The quantitative estimate of drug-likeness (QED) is 0.821. The first kappa shape index (κ1) is 18.7. The summed E-state index contributed by atoms with van der Waals surface area (Å²) in [6, 6.07) is 7.28. The summed E-state index contributed by atoms with van der Waals surface area (Å²) in [5.74, 6) is -4.30. The first-order valence-corrected chi connectivity index (χ1v) is 9.30. The zero-order chi connectivity index (χ0) is 18.9. The minimum atomic E-state index is -4.25. The molecule has 1 N–H and O–H groups in total. The number of para-hydroxylation sites is 1. The lowest BCUT2D eigenvalue weighted by Crippen LogP contribution is -2.48. The summed E-state index contributed by atoms with van der Waals surface area (Å²) >= 11 is 0. The van der Waals surface area contributed by atoms with Crippen LogP contribution in [0.1, 0.15) is 11.6 Å². The second kappa shape index (κ2) is 7.26. The Kier molecular flexibility index (Phi) is 5.22. The van der Waals surface area contributed by atoms with Crippen molar-refractivity contribution in [2.45, 2.75) is 10.9 Å². The number of halogens is 3. The normalized spacial score (nSPS) is 18.7. The van der Waals surface area contributed by atoms with Crippen LogP contribution in [-0.4, -0.2) is 39.5 Å². The number of hydrogen-bond donors (Lipinski definition) is 1. The van der Waals surface area contributed by atoms with Crippen LogP contribution >= 0.6 is 0 Å². The fourth-order valence-electron chi connectivity index (χ4n) is 3.00. The molecule has 1 saturated heterocycles. The molecule has 1 heterocycles. The Morgan fingerprint density at radius 2 is 1.81 bits per heavy atom.